The minimum absolute atomic E-state index is 0.456. The van der Waals surface area contributed by atoms with Crippen LogP contribution in [-0.4, -0.2) is 39.4 Å². The summed E-state index contributed by atoms with van der Waals surface area (Å²) in [5.74, 6) is 2.23. The van der Waals surface area contributed by atoms with Crippen LogP contribution in [0.4, 0.5) is 4.79 Å². The molecule has 7 nitrogen and oxygen atoms in total. The molecule has 0 saturated heterocycles. The molecule has 0 saturated carbocycles. The van der Waals surface area contributed by atoms with Crippen molar-refractivity contribution in [3.8, 4) is 39.5 Å². The van der Waals surface area contributed by atoms with Gasteiger partial charge in [-0.25, -0.2) is 4.79 Å². The molecule has 2 amide bonds. The topological polar surface area (TPSA) is 94.8 Å². The van der Waals surface area contributed by atoms with Crippen LogP contribution in [-0.2, 0) is 6.54 Å². The van der Waals surface area contributed by atoms with Crippen molar-refractivity contribution in [3.63, 3.8) is 0 Å². The van der Waals surface area contributed by atoms with Crippen molar-refractivity contribution < 1.29 is 19.0 Å². The number of carbonyl (C=O) groups excluding carboxylic acids is 1. The van der Waals surface area contributed by atoms with E-state index in [0.717, 1.165) is 45.1 Å². The van der Waals surface area contributed by atoms with Crippen LogP contribution in [0.2, 0.25) is 5.02 Å². The molecule has 1 heterocycles. The van der Waals surface area contributed by atoms with Gasteiger partial charge in [0.2, 0.25) is 0 Å². The lowest BCUT2D eigenvalue weighted by molar-refractivity contribution is 0.171. The standard InChI is InChI=1S/C25H26ClN3O4/c1-31-22-13-16(5-6-18(22)15-28-9-10-29-25(27)30)19-3-2-4-20(24(19)26)17-7-8-21-23(14-17)33-12-11-32-21/h2-8,13-14,28H,9-12,15H2,1H3,(H3,27,29,30). The highest BCUT2D eigenvalue weighted by Gasteiger charge is 2.16. The monoisotopic (exact) mass is 467 g/mol. The quantitative estimate of drug-likeness (QED) is 0.431. The van der Waals surface area contributed by atoms with Gasteiger partial charge in [0.25, 0.3) is 0 Å². The Labute approximate surface area is 197 Å². The molecule has 3 aromatic carbocycles. The molecule has 8 heteroatoms. The number of fused-ring (bicyclic) bond motifs is 1. The number of ether oxygens (including phenoxy) is 3. The number of hydrogen-bond acceptors (Lipinski definition) is 5. The molecule has 1 aliphatic rings. The van der Waals surface area contributed by atoms with Gasteiger partial charge in [-0.15, -0.1) is 0 Å². The molecule has 172 valence electrons. The predicted octanol–water partition coefficient (Wildman–Crippen LogP) is 4.21. The highest BCUT2D eigenvalue weighted by Crippen LogP contribution is 2.41. The molecule has 4 rings (SSSR count). The molecular weight excluding hydrogens is 442 g/mol. The van der Waals surface area contributed by atoms with Crippen molar-refractivity contribution in [2.24, 2.45) is 5.73 Å². The van der Waals surface area contributed by atoms with Crippen molar-refractivity contribution in [3.05, 3.63) is 65.2 Å². The van der Waals surface area contributed by atoms with Gasteiger partial charge in [-0.1, -0.05) is 48.0 Å². The van der Waals surface area contributed by atoms with E-state index in [9.17, 15) is 4.79 Å². The summed E-state index contributed by atoms with van der Waals surface area (Å²) in [4.78, 5) is 10.8. The minimum atomic E-state index is -0.533. The second kappa shape index (κ2) is 10.5. The number of urea groups is 1. The van der Waals surface area contributed by atoms with Gasteiger partial charge in [0.15, 0.2) is 11.5 Å². The molecule has 0 fully saturated rings. The summed E-state index contributed by atoms with van der Waals surface area (Å²) in [5.41, 5.74) is 9.81. The molecule has 1 aliphatic heterocycles. The van der Waals surface area contributed by atoms with E-state index in [1.807, 2.05) is 54.6 Å². The average Bonchev–Trinajstić information content (AvgIpc) is 2.83. The number of carbonyl (C=O) groups is 1. The Hall–Kier alpha value is -3.42. The Morgan fingerprint density at radius 3 is 2.42 bits per heavy atom. The second-order valence-electron chi connectivity index (χ2n) is 7.52. The number of primary amides is 1. The molecule has 0 spiro atoms. The van der Waals surface area contributed by atoms with Crippen LogP contribution in [0.3, 0.4) is 0 Å². The Morgan fingerprint density at radius 2 is 1.70 bits per heavy atom. The lowest BCUT2D eigenvalue weighted by Crippen LogP contribution is -2.35. The SMILES string of the molecule is COc1cc(-c2cccc(-c3ccc4c(c3)OCCO4)c2Cl)ccc1CNCCNC(N)=O. The van der Waals surface area contributed by atoms with E-state index in [0.29, 0.717) is 37.9 Å². The first-order valence-electron chi connectivity index (χ1n) is 10.7. The number of benzene rings is 3. The number of nitrogens with two attached hydrogens (primary N) is 1. The zero-order valence-corrected chi connectivity index (χ0v) is 19.1. The third-order valence-electron chi connectivity index (χ3n) is 5.37. The smallest absolute Gasteiger partial charge is 0.312 e. The van der Waals surface area contributed by atoms with Gasteiger partial charge in [0.1, 0.15) is 19.0 Å². The van der Waals surface area contributed by atoms with Crippen LogP contribution in [0.1, 0.15) is 5.56 Å². The van der Waals surface area contributed by atoms with Crippen LogP contribution in [0.5, 0.6) is 17.2 Å². The Bertz CT molecular complexity index is 1150. The maximum atomic E-state index is 10.8. The molecule has 0 atom stereocenters. The highest BCUT2D eigenvalue weighted by molar-refractivity contribution is 6.36. The van der Waals surface area contributed by atoms with Gasteiger partial charge in [-0.2, -0.15) is 0 Å². The van der Waals surface area contributed by atoms with E-state index in [1.165, 1.54) is 0 Å². The van der Waals surface area contributed by atoms with Crippen molar-refractivity contribution in [2.45, 2.75) is 6.54 Å². The normalized spacial score (nSPS) is 12.3. The van der Waals surface area contributed by atoms with Crippen LogP contribution < -0.4 is 30.6 Å². The first-order valence-corrected chi connectivity index (χ1v) is 11.0. The summed E-state index contributed by atoms with van der Waals surface area (Å²) in [7, 11) is 1.64. The van der Waals surface area contributed by atoms with Crippen molar-refractivity contribution in [2.75, 3.05) is 33.4 Å². The third-order valence-corrected chi connectivity index (χ3v) is 5.77. The van der Waals surface area contributed by atoms with Crippen molar-refractivity contribution in [1.29, 1.82) is 0 Å². The zero-order valence-electron chi connectivity index (χ0n) is 18.3. The van der Waals surface area contributed by atoms with Gasteiger partial charge < -0.3 is 30.6 Å². The van der Waals surface area contributed by atoms with E-state index < -0.39 is 6.03 Å². The summed E-state index contributed by atoms with van der Waals surface area (Å²) in [5, 5.41) is 6.46. The van der Waals surface area contributed by atoms with E-state index in [4.69, 9.17) is 31.5 Å². The second-order valence-corrected chi connectivity index (χ2v) is 7.90. The first-order chi connectivity index (χ1) is 16.1. The fraction of sp³-hybridized carbons (Fsp3) is 0.240. The van der Waals surface area contributed by atoms with E-state index >= 15 is 0 Å². The van der Waals surface area contributed by atoms with Gasteiger partial charge in [-0.3, -0.25) is 0 Å². The summed E-state index contributed by atoms with van der Waals surface area (Å²) in [6, 6.07) is 17.3. The summed E-state index contributed by atoms with van der Waals surface area (Å²) < 4.78 is 17.0. The largest absolute Gasteiger partial charge is 0.496 e. The first kappa shape index (κ1) is 22.8. The molecule has 4 N–H and O–H groups in total. The van der Waals surface area contributed by atoms with Gasteiger partial charge in [0, 0.05) is 36.3 Å². The third kappa shape index (κ3) is 5.32. The summed E-state index contributed by atoms with van der Waals surface area (Å²) >= 11 is 6.87. The number of methoxy groups -OCH3 is 1. The molecule has 33 heavy (non-hydrogen) atoms. The average molecular weight is 468 g/mol. The van der Waals surface area contributed by atoms with Gasteiger partial charge >= 0.3 is 6.03 Å². The highest BCUT2D eigenvalue weighted by atomic mass is 35.5. The molecule has 0 aromatic heterocycles. The molecule has 3 aromatic rings. The van der Waals surface area contributed by atoms with Gasteiger partial charge in [0.05, 0.1) is 12.1 Å². The zero-order chi connectivity index (χ0) is 23.2. The number of nitrogens with one attached hydrogen (secondary N) is 2. The van der Waals surface area contributed by atoms with E-state index in [2.05, 4.69) is 10.6 Å². The number of halogens is 1. The molecule has 0 radical (unpaired) electrons. The van der Waals surface area contributed by atoms with Crippen molar-refractivity contribution in [1.82, 2.24) is 10.6 Å². The van der Waals surface area contributed by atoms with Crippen LogP contribution in [0.25, 0.3) is 22.3 Å². The van der Waals surface area contributed by atoms with E-state index in [1.54, 1.807) is 7.11 Å². The fourth-order valence-electron chi connectivity index (χ4n) is 3.74. The van der Waals surface area contributed by atoms with Crippen molar-refractivity contribution >= 4 is 17.6 Å². The summed E-state index contributed by atoms with van der Waals surface area (Å²) in [6.45, 7) is 2.73. The van der Waals surface area contributed by atoms with Crippen LogP contribution in [0.15, 0.2) is 54.6 Å². The molecule has 0 aliphatic carbocycles. The minimum Gasteiger partial charge on any atom is -0.496 e. The Morgan fingerprint density at radius 1 is 1.00 bits per heavy atom. The molecular formula is C25H26ClN3O4. The predicted molar refractivity (Wildman–Crippen MR) is 129 cm³/mol. The maximum absolute atomic E-state index is 10.8. The summed E-state index contributed by atoms with van der Waals surface area (Å²) in [6.07, 6.45) is 0. The number of rotatable bonds is 8. The molecule has 0 bridgehead atoms. The molecule has 0 unspecified atom stereocenters. The lowest BCUT2D eigenvalue weighted by atomic mass is 9.97. The fourth-order valence-corrected chi connectivity index (χ4v) is 4.09. The van der Waals surface area contributed by atoms with E-state index in [-0.39, 0.29) is 0 Å². The maximum Gasteiger partial charge on any atom is 0.312 e. The Kier molecular flexibility index (Phi) is 7.22. The van der Waals surface area contributed by atoms with Gasteiger partial charge in [-0.05, 0) is 29.3 Å². The number of amides is 2. The Balaban J connectivity index is 1.56. The number of hydrogen-bond donors (Lipinski definition) is 3. The lowest BCUT2D eigenvalue weighted by Gasteiger charge is -2.19. The van der Waals surface area contributed by atoms with Crippen LogP contribution >= 0.6 is 11.6 Å². The van der Waals surface area contributed by atoms with Crippen LogP contribution in [0, 0.1) is 0 Å².